The maximum Gasteiger partial charge on any atom is 0.231 e. The fourth-order valence-corrected chi connectivity index (χ4v) is 5.59. The van der Waals surface area contributed by atoms with Gasteiger partial charge in [-0.15, -0.1) is 0 Å². The van der Waals surface area contributed by atoms with Crippen molar-refractivity contribution in [3.8, 4) is 23.0 Å². The summed E-state index contributed by atoms with van der Waals surface area (Å²) in [6.45, 7) is 2.24. The molecule has 33 heavy (non-hydrogen) atoms. The molecular formula is C25H27BrFNO5. The lowest BCUT2D eigenvalue weighted by Crippen LogP contribution is -2.43. The van der Waals surface area contributed by atoms with Gasteiger partial charge in [-0.1, -0.05) is 15.9 Å². The zero-order chi connectivity index (χ0) is 23.2. The number of carbonyl (C=O) groups excluding carboxylic acids is 1. The van der Waals surface area contributed by atoms with Crippen molar-refractivity contribution < 1.29 is 28.1 Å². The molecule has 1 unspecified atom stereocenters. The molecular weight excluding hydrogens is 493 g/mol. The van der Waals surface area contributed by atoms with Crippen LogP contribution in [0.25, 0.3) is 0 Å². The highest BCUT2D eigenvalue weighted by atomic mass is 79.9. The third kappa shape index (κ3) is 4.30. The van der Waals surface area contributed by atoms with Crippen LogP contribution in [0.1, 0.15) is 40.7 Å². The molecule has 0 radical (unpaired) electrons. The number of rotatable bonds is 6. The lowest BCUT2D eigenvalue weighted by Gasteiger charge is -2.37. The first-order valence-corrected chi connectivity index (χ1v) is 12.0. The summed E-state index contributed by atoms with van der Waals surface area (Å²) in [6, 6.07) is 7.49. The van der Waals surface area contributed by atoms with Gasteiger partial charge < -0.3 is 18.9 Å². The van der Waals surface area contributed by atoms with Gasteiger partial charge in [-0.2, -0.15) is 0 Å². The van der Waals surface area contributed by atoms with Crippen LogP contribution in [-0.4, -0.2) is 50.5 Å². The summed E-state index contributed by atoms with van der Waals surface area (Å²) in [6.07, 6.45) is 1.64. The molecule has 2 aromatic carbocycles. The highest BCUT2D eigenvalue weighted by molar-refractivity contribution is 9.10. The van der Waals surface area contributed by atoms with Crippen molar-refractivity contribution in [1.29, 1.82) is 0 Å². The number of nitrogens with zero attached hydrogens (tertiary/aromatic N) is 1. The van der Waals surface area contributed by atoms with E-state index < -0.39 is 5.67 Å². The standard InChI is InChI=1S/C25H27BrFNO5/c1-30-20-8-15-7-16(24(29)18(15)10-21(20)31-2)12-25(27)3-5-28(6-4-25)13-17-9-22-23(11-19(17)26)33-14-32-22/h8-11,16H,3-7,12-14H2,1-2H3. The van der Waals surface area contributed by atoms with Crippen molar-refractivity contribution in [3.05, 3.63) is 45.4 Å². The number of ether oxygens (including phenoxy) is 4. The number of likely N-dealkylation sites (tertiary alicyclic amines) is 1. The number of ketones is 1. The zero-order valence-electron chi connectivity index (χ0n) is 18.8. The number of Topliss-reactive ketones (excluding diaryl/α,β-unsaturated/α-hetero) is 1. The van der Waals surface area contributed by atoms with Gasteiger partial charge >= 0.3 is 0 Å². The van der Waals surface area contributed by atoms with Crippen molar-refractivity contribution >= 4 is 21.7 Å². The molecule has 1 fully saturated rings. The Morgan fingerprint density at radius 2 is 1.76 bits per heavy atom. The molecule has 2 heterocycles. The lowest BCUT2D eigenvalue weighted by atomic mass is 9.82. The van der Waals surface area contributed by atoms with E-state index in [2.05, 4.69) is 20.8 Å². The van der Waals surface area contributed by atoms with Crippen LogP contribution in [0.3, 0.4) is 0 Å². The molecule has 8 heteroatoms. The molecule has 0 N–H and O–H groups in total. The summed E-state index contributed by atoms with van der Waals surface area (Å²) in [5.74, 6) is 2.29. The average Bonchev–Trinajstić information content (AvgIpc) is 3.38. The Kier molecular flexibility index (Phi) is 5.99. The number of methoxy groups -OCH3 is 2. The van der Waals surface area contributed by atoms with Crippen LogP contribution in [-0.2, 0) is 13.0 Å². The Hall–Kier alpha value is -2.32. The van der Waals surface area contributed by atoms with E-state index in [9.17, 15) is 4.79 Å². The third-order valence-electron chi connectivity index (χ3n) is 7.01. The second kappa shape index (κ2) is 8.80. The Balaban J connectivity index is 1.21. The molecule has 1 saturated heterocycles. The van der Waals surface area contributed by atoms with E-state index in [0.717, 1.165) is 27.1 Å². The number of benzene rings is 2. The van der Waals surface area contributed by atoms with Crippen LogP contribution in [0.5, 0.6) is 23.0 Å². The monoisotopic (exact) mass is 519 g/mol. The van der Waals surface area contributed by atoms with Crippen LogP contribution in [0, 0.1) is 5.92 Å². The first kappa shape index (κ1) is 22.5. The predicted molar refractivity (Wildman–Crippen MR) is 124 cm³/mol. The van der Waals surface area contributed by atoms with Crippen LogP contribution in [0.15, 0.2) is 28.7 Å². The highest BCUT2D eigenvalue weighted by Gasteiger charge is 2.42. The molecule has 2 aromatic rings. The average molecular weight is 520 g/mol. The van der Waals surface area contributed by atoms with Crippen LogP contribution in [0.4, 0.5) is 4.39 Å². The first-order chi connectivity index (χ1) is 15.9. The topological polar surface area (TPSA) is 57.2 Å². The van der Waals surface area contributed by atoms with Crippen LogP contribution in [0.2, 0.25) is 0 Å². The van der Waals surface area contributed by atoms with E-state index in [1.165, 1.54) is 0 Å². The molecule has 176 valence electrons. The fourth-order valence-electron chi connectivity index (χ4n) is 5.14. The Labute approximate surface area is 201 Å². The number of hydrogen-bond donors (Lipinski definition) is 0. The highest BCUT2D eigenvalue weighted by Crippen LogP contribution is 2.42. The van der Waals surface area contributed by atoms with Gasteiger partial charge in [0, 0.05) is 35.6 Å². The molecule has 1 atom stereocenters. The lowest BCUT2D eigenvalue weighted by molar-refractivity contribution is 0.0335. The second-order valence-electron chi connectivity index (χ2n) is 9.06. The summed E-state index contributed by atoms with van der Waals surface area (Å²) in [7, 11) is 3.12. The van der Waals surface area contributed by atoms with E-state index in [0.29, 0.717) is 56.0 Å². The third-order valence-corrected chi connectivity index (χ3v) is 7.75. The fraction of sp³-hybridized carbons (Fsp3) is 0.480. The number of piperidine rings is 1. The molecule has 0 spiro atoms. The minimum atomic E-state index is -1.33. The van der Waals surface area contributed by atoms with Crippen molar-refractivity contribution in [1.82, 2.24) is 4.90 Å². The maximum atomic E-state index is 15.8. The largest absolute Gasteiger partial charge is 0.493 e. The summed E-state index contributed by atoms with van der Waals surface area (Å²) >= 11 is 3.61. The van der Waals surface area contributed by atoms with E-state index in [4.69, 9.17) is 18.9 Å². The molecule has 2 aliphatic heterocycles. The first-order valence-electron chi connectivity index (χ1n) is 11.2. The van der Waals surface area contributed by atoms with Crippen molar-refractivity contribution in [3.63, 3.8) is 0 Å². The Bertz CT molecular complexity index is 1080. The molecule has 0 bridgehead atoms. The number of fused-ring (bicyclic) bond motifs is 2. The van der Waals surface area contributed by atoms with Crippen molar-refractivity contribution in [2.45, 2.75) is 37.9 Å². The molecule has 1 aliphatic carbocycles. The second-order valence-corrected chi connectivity index (χ2v) is 9.91. The molecule has 5 rings (SSSR count). The van der Waals surface area contributed by atoms with Crippen molar-refractivity contribution in [2.75, 3.05) is 34.1 Å². The summed E-state index contributed by atoms with van der Waals surface area (Å²) in [4.78, 5) is 15.3. The van der Waals surface area contributed by atoms with Gasteiger partial charge in [0.1, 0.15) is 5.67 Å². The van der Waals surface area contributed by atoms with E-state index in [-0.39, 0.29) is 24.9 Å². The molecule has 3 aliphatic rings. The van der Waals surface area contributed by atoms with Gasteiger partial charge in [0.05, 0.1) is 14.2 Å². The minimum absolute atomic E-state index is 0.00898. The maximum absolute atomic E-state index is 15.8. The quantitative estimate of drug-likeness (QED) is 0.538. The normalized spacial score (nSPS) is 21.2. The molecule has 0 saturated carbocycles. The molecule has 0 amide bonds. The SMILES string of the molecule is COc1cc2c(cc1OC)C(=O)C(CC1(F)CCN(Cc3cc4c(cc3Br)OCO4)CC1)C2. The van der Waals surface area contributed by atoms with Gasteiger partial charge in [-0.25, -0.2) is 4.39 Å². The van der Waals surface area contributed by atoms with Gasteiger partial charge in [-0.3, -0.25) is 9.69 Å². The van der Waals surface area contributed by atoms with E-state index in [1.807, 2.05) is 18.2 Å². The van der Waals surface area contributed by atoms with Gasteiger partial charge in [-0.05, 0) is 61.1 Å². The number of alkyl halides is 1. The van der Waals surface area contributed by atoms with E-state index in [1.54, 1.807) is 20.3 Å². The predicted octanol–water partition coefficient (Wildman–Crippen LogP) is 4.94. The Morgan fingerprint density at radius 3 is 2.45 bits per heavy atom. The van der Waals surface area contributed by atoms with Crippen LogP contribution >= 0.6 is 15.9 Å². The minimum Gasteiger partial charge on any atom is -0.493 e. The molecule has 0 aromatic heterocycles. The molecule has 6 nitrogen and oxygen atoms in total. The summed E-state index contributed by atoms with van der Waals surface area (Å²) in [5, 5.41) is 0. The van der Waals surface area contributed by atoms with E-state index >= 15 is 4.39 Å². The van der Waals surface area contributed by atoms with Gasteiger partial charge in [0.15, 0.2) is 28.8 Å². The summed E-state index contributed by atoms with van der Waals surface area (Å²) in [5.41, 5.74) is 1.30. The number of hydrogen-bond acceptors (Lipinski definition) is 6. The smallest absolute Gasteiger partial charge is 0.231 e. The van der Waals surface area contributed by atoms with Gasteiger partial charge in [0.2, 0.25) is 6.79 Å². The Morgan fingerprint density at radius 1 is 1.09 bits per heavy atom. The number of halogens is 2. The van der Waals surface area contributed by atoms with Crippen molar-refractivity contribution in [2.24, 2.45) is 5.92 Å². The zero-order valence-corrected chi connectivity index (χ0v) is 20.4. The van der Waals surface area contributed by atoms with Crippen LogP contribution < -0.4 is 18.9 Å². The van der Waals surface area contributed by atoms with Gasteiger partial charge in [0.25, 0.3) is 0 Å². The summed E-state index contributed by atoms with van der Waals surface area (Å²) < 4.78 is 38.4. The number of carbonyl (C=O) groups is 1.